The Morgan fingerprint density at radius 2 is 1.59 bits per heavy atom. The third-order valence-corrected chi connectivity index (χ3v) is 5.45. The quantitative estimate of drug-likeness (QED) is 0.257. The summed E-state index contributed by atoms with van der Waals surface area (Å²) in [6, 6.07) is 24.5. The Morgan fingerprint density at radius 1 is 0.912 bits per heavy atom. The van der Waals surface area contributed by atoms with E-state index in [1.807, 2.05) is 60.7 Å². The molecule has 0 atom stereocenters. The van der Waals surface area contributed by atoms with Crippen molar-refractivity contribution in [2.75, 3.05) is 14.2 Å². The molecular weight excluding hydrogens is 452 g/mol. The van der Waals surface area contributed by atoms with Gasteiger partial charge in [0.1, 0.15) is 12.4 Å². The number of rotatable bonds is 8. The minimum absolute atomic E-state index is 0.355. The van der Waals surface area contributed by atoms with Gasteiger partial charge in [0, 0.05) is 0 Å². The van der Waals surface area contributed by atoms with Gasteiger partial charge in [-0.05, 0) is 46.2 Å². The van der Waals surface area contributed by atoms with Crippen LogP contribution < -0.4 is 19.6 Å². The molecule has 7 heteroatoms. The van der Waals surface area contributed by atoms with Crippen molar-refractivity contribution < 1.29 is 19.0 Å². The highest BCUT2D eigenvalue weighted by molar-refractivity contribution is 6.32. The lowest BCUT2D eigenvalue weighted by Gasteiger charge is -2.13. The lowest BCUT2D eigenvalue weighted by atomic mass is 10.1. The molecule has 0 aliphatic heterocycles. The highest BCUT2D eigenvalue weighted by Gasteiger charge is 2.14. The smallest absolute Gasteiger partial charge is 0.275 e. The molecule has 0 radical (unpaired) electrons. The molecule has 0 aromatic heterocycles. The Labute approximate surface area is 202 Å². The largest absolute Gasteiger partial charge is 0.496 e. The second-order valence-electron chi connectivity index (χ2n) is 7.41. The van der Waals surface area contributed by atoms with Crippen LogP contribution in [0, 0.1) is 0 Å². The molecule has 34 heavy (non-hydrogen) atoms. The summed E-state index contributed by atoms with van der Waals surface area (Å²) in [4.78, 5) is 12.7. The second kappa shape index (κ2) is 10.7. The Balaban J connectivity index is 1.49. The Hall–Kier alpha value is -4.03. The average Bonchev–Trinajstić information content (AvgIpc) is 2.87. The fraction of sp³-hybridized carbons (Fsp3) is 0.111. The summed E-state index contributed by atoms with van der Waals surface area (Å²) in [5.74, 6) is 0.985. The van der Waals surface area contributed by atoms with Gasteiger partial charge in [0.25, 0.3) is 5.91 Å². The molecular formula is C27H23ClN2O4. The van der Waals surface area contributed by atoms with Gasteiger partial charge in [0.15, 0.2) is 11.5 Å². The molecule has 4 rings (SSSR count). The maximum absolute atomic E-state index is 12.7. The molecule has 0 aliphatic carbocycles. The Bertz CT molecular complexity index is 1340. The Morgan fingerprint density at radius 3 is 2.29 bits per heavy atom. The van der Waals surface area contributed by atoms with Crippen molar-refractivity contribution in [2.24, 2.45) is 5.10 Å². The van der Waals surface area contributed by atoms with E-state index in [4.69, 9.17) is 25.8 Å². The molecule has 0 saturated carbocycles. The van der Waals surface area contributed by atoms with E-state index in [2.05, 4.69) is 10.5 Å². The highest BCUT2D eigenvalue weighted by Crippen LogP contribution is 2.36. The van der Waals surface area contributed by atoms with Crippen molar-refractivity contribution in [3.05, 3.63) is 101 Å². The lowest BCUT2D eigenvalue weighted by molar-refractivity contribution is 0.0952. The van der Waals surface area contributed by atoms with Crippen molar-refractivity contribution in [3.8, 4) is 17.2 Å². The summed E-state index contributed by atoms with van der Waals surface area (Å²) >= 11 is 6.44. The zero-order chi connectivity index (χ0) is 23.9. The van der Waals surface area contributed by atoms with E-state index in [0.717, 1.165) is 16.3 Å². The molecule has 0 saturated heterocycles. The normalized spacial score (nSPS) is 10.9. The van der Waals surface area contributed by atoms with Crippen molar-refractivity contribution in [2.45, 2.75) is 6.61 Å². The van der Waals surface area contributed by atoms with E-state index in [1.165, 1.54) is 20.4 Å². The van der Waals surface area contributed by atoms with Gasteiger partial charge in [-0.2, -0.15) is 5.10 Å². The number of carbonyl (C=O) groups is 1. The molecule has 0 fully saturated rings. The first-order chi connectivity index (χ1) is 16.6. The number of hydrazone groups is 1. The predicted molar refractivity (Wildman–Crippen MR) is 134 cm³/mol. The Kier molecular flexibility index (Phi) is 7.30. The number of ether oxygens (including phenoxy) is 3. The summed E-state index contributed by atoms with van der Waals surface area (Å²) in [5.41, 5.74) is 4.58. The number of methoxy groups -OCH3 is 2. The summed E-state index contributed by atoms with van der Waals surface area (Å²) in [5, 5.41) is 6.37. The fourth-order valence-corrected chi connectivity index (χ4v) is 3.75. The average molecular weight is 475 g/mol. The minimum Gasteiger partial charge on any atom is -0.496 e. The van der Waals surface area contributed by atoms with Crippen LogP contribution in [0.2, 0.25) is 5.02 Å². The second-order valence-corrected chi connectivity index (χ2v) is 7.81. The van der Waals surface area contributed by atoms with Crippen molar-refractivity contribution in [3.63, 3.8) is 0 Å². The fourth-order valence-electron chi connectivity index (χ4n) is 3.48. The van der Waals surface area contributed by atoms with Crippen LogP contribution in [-0.4, -0.2) is 26.3 Å². The van der Waals surface area contributed by atoms with Crippen LogP contribution in [0.15, 0.2) is 84.0 Å². The predicted octanol–water partition coefficient (Wildman–Crippen LogP) is 5.85. The number of amides is 1. The van der Waals surface area contributed by atoms with Crippen LogP contribution in [0.3, 0.4) is 0 Å². The van der Waals surface area contributed by atoms with E-state index < -0.39 is 0 Å². The lowest BCUT2D eigenvalue weighted by Crippen LogP contribution is -2.18. The van der Waals surface area contributed by atoms with Crippen LogP contribution in [0.5, 0.6) is 17.2 Å². The molecule has 6 nitrogen and oxygen atoms in total. The standard InChI is InChI=1S/C27H23ClN2O4/c1-32-24-15-21-11-7-6-10-20(21)14-22(24)27(31)30-29-16-19-12-23(28)26(25(13-19)33-2)34-17-18-8-4-3-5-9-18/h3-16H,17H2,1-2H3,(H,30,31)/b29-16-. The van der Waals surface area contributed by atoms with Crippen LogP contribution in [0.25, 0.3) is 10.8 Å². The van der Waals surface area contributed by atoms with Crippen LogP contribution >= 0.6 is 11.6 Å². The molecule has 0 heterocycles. The number of nitrogens with zero attached hydrogens (tertiary/aromatic N) is 1. The van der Waals surface area contributed by atoms with E-state index in [9.17, 15) is 4.79 Å². The molecule has 0 bridgehead atoms. The number of benzene rings is 4. The van der Waals surface area contributed by atoms with E-state index >= 15 is 0 Å². The van der Waals surface area contributed by atoms with Gasteiger partial charge in [-0.15, -0.1) is 0 Å². The SMILES string of the molecule is COc1cc2ccccc2cc1C(=O)N/N=C\c1cc(Cl)c(OCc2ccccc2)c(OC)c1. The van der Waals surface area contributed by atoms with Crippen LogP contribution in [0.1, 0.15) is 21.5 Å². The van der Waals surface area contributed by atoms with Gasteiger partial charge in [-0.1, -0.05) is 66.2 Å². The minimum atomic E-state index is -0.389. The topological polar surface area (TPSA) is 69.2 Å². The number of fused-ring (bicyclic) bond motifs is 1. The first kappa shape index (κ1) is 23.1. The highest BCUT2D eigenvalue weighted by atomic mass is 35.5. The first-order valence-electron chi connectivity index (χ1n) is 10.5. The molecule has 0 unspecified atom stereocenters. The monoisotopic (exact) mass is 474 g/mol. The van der Waals surface area contributed by atoms with Gasteiger partial charge in [0.05, 0.1) is 31.0 Å². The molecule has 1 N–H and O–H groups in total. The number of halogens is 1. The first-order valence-corrected chi connectivity index (χ1v) is 10.9. The summed E-state index contributed by atoms with van der Waals surface area (Å²) in [6.07, 6.45) is 1.49. The molecule has 1 amide bonds. The van der Waals surface area contributed by atoms with Gasteiger partial charge >= 0.3 is 0 Å². The van der Waals surface area contributed by atoms with Crippen LogP contribution in [0.4, 0.5) is 0 Å². The van der Waals surface area contributed by atoms with E-state index in [1.54, 1.807) is 18.2 Å². The summed E-state index contributed by atoms with van der Waals surface area (Å²) in [7, 11) is 3.07. The van der Waals surface area contributed by atoms with Crippen molar-refractivity contribution >= 4 is 34.5 Å². The number of carbonyl (C=O) groups excluding carboxylic acids is 1. The van der Waals surface area contributed by atoms with Gasteiger partial charge in [-0.3, -0.25) is 4.79 Å². The molecule has 172 valence electrons. The zero-order valence-electron chi connectivity index (χ0n) is 18.7. The van der Waals surface area contributed by atoms with E-state index in [-0.39, 0.29) is 5.91 Å². The van der Waals surface area contributed by atoms with Crippen LogP contribution in [-0.2, 0) is 6.61 Å². The summed E-state index contributed by atoms with van der Waals surface area (Å²) in [6.45, 7) is 0.355. The zero-order valence-corrected chi connectivity index (χ0v) is 19.5. The maximum atomic E-state index is 12.7. The molecule has 4 aromatic carbocycles. The molecule has 0 aliphatic rings. The van der Waals surface area contributed by atoms with Gasteiger partial charge in [-0.25, -0.2) is 5.43 Å². The summed E-state index contributed by atoms with van der Waals surface area (Å²) < 4.78 is 16.7. The third kappa shape index (κ3) is 5.30. The number of hydrogen-bond acceptors (Lipinski definition) is 5. The van der Waals surface area contributed by atoms with E-state index in [0.29, 0.717) is 40.0 Å². The number of hydrogen-bond donors (Lipinski definition) is 1. The molecule has 4 aromatic rings. The van der Waals surface area contributed by atoms with Crippen molar-refractivity contribution in [1.82, 2.24) is 5.43 Å². The van der Waals surface area contributed by atoms with Crippen molar-refractivity contribution in [1.29, 1.82) is 0 Å². The van der Waals surface area contributed by atoms with Gasteiger partial charge in [0.2, 0.25) is 0 Å². The maximum Gasteiger partial charge on any atom is 0.275 e. The van der Waals surface area contributed by atoms with Gasteiger partial charge < -0.3 is 14.2 Å². The third-order valence-electron chi connectivity index (χ3n) is 5.17. The number of nitrogens with one attached hydrogen (secondary N) is 1. The molecule has 0 spiro atoms.